The van der Waals surface area contributed by atoms with Crippen molar-refractivity contribution < 1.29 is 4.74 Å². The number of rotatable bonds is 5. The molecule has 6 nitrogen and oxygen atoms in total. The van der Waals surface area contributed by atoms with Gasteiger partial charge < -0.3 is 4.74 Å². The fraction of sp³-hybridized carbons (Fsp3) is 0.190. The maximum Gasteiger partial charge on any atom is 0.240 e. The molecule has 0 bridgehead atoms. The van der Waals surface area contributed by atoms with Crippen molar-refractivity contribution in [1.82, 2.24) is 24.7 Å². The van der Waals surface area contributed by atoms with Crippen molar-refractivity contribution in [2.75, 3.05) is 27.2 Å². The standard InChI is InChI=1S/C21H19N5O/c1-25(2)13-6-7-14-27-21-18(16-11-8-12-16)15-19-22-23-20(26(19)24-21)17-9-4-3-5-10-17/h3-5,8-12,15H,13-14H2,1-2H3. The van der Waals surface area contributed by atoms with Gasteiger partial charge in [-0.1, -0.05) is 60.4 Å². The second kappa shape index (κ2) is 7.44. The molecule has 0 aliphatic heterocycles. The molecule has 0 saturated carbocycles. The van der Waals surface area contributed by atoms with Crippen LogP contribution in [-0.2, 0) is 0 Å². The van der Waals surface area contributed by atoms with Crippen molar-refractivity contribution in [2.24, 2.45) is 0 Å². The molecule has 2 aromatic heterocycles. The first-order valence-corrected chi connectivity index (χ1v) is 8.66. The van der Waals surface area contributed by atoms with E-state index in [4.69, 9.17) is 4.74 Å². The van der Waals surface area contributed by atoms with Crippen LogP contribution in [0.5, 0.6) is 5.88 Å². The zero-order chi connectivity index (χ0) is 18.6. The second-order valence-corrected chi connectivity index (χ2v) is 6.38. The number of benzene rings is 1. The molecule has 0 amide bonds. The van der Waals surface area contributed by atoms with Gasteiger partial charge in [-0.2, -0.15) is 4.52 Å². The van der Waals surface area contributed by atoms with Gasteiger partial charge in [0.25, 0.3) is 0 Å². The van der Waals surface area contributed by atoms with Crippen LogP contribution in [0.15, 0.2) is 54.6 Å². The molecule has 0 fully saturated rings. The lowest BCUT2D eigenvalue weighted by Crippen LogP contribution is -2.11. The van der Waals surface area contributed by atoms with Crippen LogP contribution in [0.3, 0.4) is 0 Å². The molecule has 0 atom stereocenters. The molecule has 0 unspecified atom stereocenters. The highest BCUT2D eigenvalue weighted by atomic mass is 16.5. The quantitative estimate of drug-likeness (QED) is 0.657. The molecule has 0 radical (unpaired) electrons. The highest BCUT2D eigenvalue weighted by Gasteiger charge is 2.17. The van der Waals surface area contributed by atoms with E-state index in [2.05, 4.69) is 27.1 Å². The van der Waals surface area contributed by atoms with Crippen LogP contribution in [0.2, 0.25) is 0 Å². The monoisotopic (exact) mass is 357 g/mol. The zero-order valence-corrected chi connectivity index (χ0v) is 15.3. The van der Waals surface area contributed by atoms with Gasteiger partial charge in [0, 0.05) is 11.1 Å². The molecular weight excluding hydrogens is 338 g/mol. The lowest BCUT2D eigenvalue weighted by atomic mass is 10.0. The summed E-state index contributed by atoms with van der Waals surface area (Å²) in [5, 5.41) is 13.2. The predicted molar refractivity (Wildman–Crippen MR) is 105 cm³/mol. The van der Waals surface area contributed by atoms with Crippen molar-refractivity contribution in [3.05, 3.63) is 60.2 Å². The Labute approximate surface area is 157 Å². The molecule has 3 aromatic rings. The van der Waals surface area contributed by atoms with Crippen LogP contribution >= 0.6 is 0 Å². The first-order chi connectivity index (χ1) is 13.2. The molecule has 0 spiro atoms. The number of nitrogens with zero attached hydrogens (tertiary/aromatic N) is 5. The molecule has 1 aromatic carbocycles. The summed E-state index contributed by atoms with van der Waals surface area (Å²) in [5.74, 6) is 7.29. The molecule has 0 N–H and O–H groups in total. The van der Waals surface area contributed by atoms with Gasteiger partial charge in [-0.05, 0) is 25.7 Å². The van der Waals surface area contributed by atoms with E-state index in [0.717, 1.165) is 16.7 Å². The summed E-state index contributed by atoms with van der Waals surface area (Å²) in [6.07, 6.45) is 6.03. The van der Waals surface area contributed by atoms with Gasteiger partial charge in [0.15, 0.2) is 18.1 Å². The Kier molecular flexibility index (Phi) is 4.69. The molecule has 1 aliphatic rings. The van der Waals surface area contributed by atoms with E-state index in [9.17, 15) is 0 Å². The molecule has 27 heavy (non-hydrogen) atoms. The summed E-state index contributed by atoms with van der Waals surface area (Å²) in [4.78, 5) is 2.01. The Morgan fingerprint density at radius 2 is 1.93 bits per heavy atom. The number of hydrogen-bond donors (Lipinski definition) is 0. The molecule has 6 heteroatoms. The summed E-state index contributed by atoms with van der Waals surface area (Å²) in [7, 11) is 3.96. The maximum atomic E-state index is 5.89. The van der Waals surface area contributed by atoms with Crippen molar-refractivity contribution in [3.63, 3.8) is 0 Å². The highest BCUT2D eigenvalue weighted by molar-refractivity contribution is 5.84. The van der Waals surface area contributed by atoms with Gasteiger partial charge in [0.05, 0.1) is 6.54 Å². The number of allylic oxidation sites excluding steroid dienone is 4. The van der Waals surface area contributed by atoms with Crippen LogP contribution in [0.1, 0.15) is 5.56 Å². The minimum Gasteiger partial charge on any atom is -0.463 e. The smallest absolute Gasteiger partial charge is 0.240 e. The minimum absolute atomic E-state index is 0.277. The van der Waals surface area contributed by atoms with E-state index >= 15 is 0 Å². The van der Waals surface area contributed by atoms with Crippen LogP contribution < -0.4 is 4.74 Å². The van der Waals surface area contributed by atoms with E-state index in [-0.39, 0.29) is 6.61 Å². The number of fused-ring (bicyclic) bond motifs is 1. The minimum atomic E-state index is 0.277. The third-order valence-corrected chi connectivity index (χ3v) is 4.06. The van der Waals surface area contributed by atoms with Crippen LogP contribution in [0, 0.1) is 11.8 Å². The summed E-state index contributed by atoms with van der Waals surface area (Å²) >= 11 is 0. The van der Waals surface area contributed by atoms with Gasteiger partial charge >= 0.3 is 0 Å². The number of ether oxygens (including phenoxy) is 1. The Bertz CT molecular complexity index is 1080. The predicted octanol–water partition coefficient (Wildman–Crippen LogP) is 2.69. The van der Waals surface area contributed by atoms with Crippen LogP contribution in [0.4, 0.5) is 0 Å². The number of hydrogen-bond acceptors (Lipinski definition) is 5. The number of aromatic nitrogens is 4. The summed E-state index contributed by atoms with van der Waals surface area (Å²) in [6, 6.07) is 11.8. The molecule has 4 rings (SSSR count). The van der Waals surface area contributed by atoms with E-state index in [0.29, 0.717) is 23.9 Å². The van der Waals surface area contributed by atoms with Gasteiger partial charge in [-0.25, -0.2) is 0 Å². The van der Waals surface area contributed by atoms with Crippen molar-refractivity contribution in [1.29, 1.82) is 0 Å². The first kappa shape index (κ1) is 17.0. The fourth-order valence-electron chi connectivity index (χ4n) is 2.64. The molecule has 134 valence electrons. The van der Waals surface area contributed by atoms with Gasteiger partial charge in [0.1, 0.15) is 0 Å². The van der Waals surface area contributed by atoms with Gasteiger partial charge in [-0.15, -0.1) is 15.3 Å². The maximum absolute atomic E-state index is 5.89. The SMILES string of the molecule is CN(C)CC#CCOc1nn2c(-c3ccccc3)nnc2cc1C1=CC=C1. The van der Waals surface area contributed by atoms with Crippen molar-refractivity contribution >= 4 is 11.2 Å². The third-order valence-electron chi connectivity index (χ3n) is 4.06. The second-order valence-electron chi connectivity index (χ2n) is 6.38. The average molecular weight is 357 g/mol. The highest BCUT2D eigenvalue weighted by Crippen LogP contribution is 2.30. The Balaban J connectivity index is 1.69. The first-order valence-electron chi connectivity index (χ1n) is 8.66. The molecule has 2 heterocycles. The van der Waals surface area contributed by atoms with Crippen LogP contribution in [-0.4, -0.2) is 52.0 Å². The van der Waals surface area contributed by atoms with Crippen LogP contribution in [0.25, 0.3) is 22.6 Å². The van der Waals surface area contributed by atoms with Crippen molar-refractivity contribution in [3.8, 4) is 29.1 Å². The summed E-state index contributed by atoms with van der Waals surface area (Å²) in [5.41, 5.74) is 3.58. The topological polar surface area (TPSA) is 55.5 Å². The lowest BCUT2D eigenvalue weighted by molar-refractivity contribution is 0.347. The Morgan fingerprint density at radius 3 is 2.63 bits per heavy atom. The lowest BCUT2D eigenvalue weighted by Gasteiger charge is -2.13. The van der Waals surface area contributed by atoms with E-state index in [1.807, 2.05) is 73.6 Å². The van der Waals surface area contributed by atoms with Gasteiger partial charge in [0.2, 0.25) is 5.88 Å². The largest absolute Gasteiger partial charge is 0.463 e. The van der Waals surface area contributed by atoms with E-state index in [1.54, 1.807) is 4.52 Å². The average Bonchev–Trinajstić information content (AvgIpc) is 3.03. The Morgan fingerprint density at radius 1 is 1.11 bits per heavy atom. The molecule has 1 aliphatic carbocycles. The molecular formula is C21H19N5O. The molecule has 0 saturated heterocycles. The zero-order valence-electron chi connectivity index (χ0n) is 15.3. The third kappa shape index (κ3) is 3.59. The fourth-order valence-corrected chi connectivity index (χ4v) is 2.64. The van der Waals surface area contributed by atoms with E-state index in [1.165, 1.54) is 0 Å². The summed E-state index contributed by atoms with van der Waals surface area (Å²) < 4.78 is 7.60. The van der Waals surface area contributed by atoms with Crippen molar-refractivity contribution in [2.45, 2.75) is 0 Å². The Hall–Kier alpha value is -3.43. The van der Waals surface area contributed by atoms with Gasteiger partial charge in [-0.3, -0.25) is 4.90 Å². The summed E-state index contributed by atoms with van der Waals surface area (Å²) in [6.45, 7) is 0.972. The van der Waals surface area contributed by atoms with E-state index < -0.39 is 0 Å². The normalized spacial score (nSPS) is 12.5.